The van der Waals surface area contributed by atoms with Gasteiger partial charge in [0.25, 0.3) is 0 Å². The van der Waals surface area contributed by atoms with Crippen molar-refractivity contribution in [1.82, 2.24) is 35.2 Å². The minimum Gasteiger partial charge on any atom is -0.497 e. The van der Waals surface area contributed by atoms with Crippen molar-refractivity contribution in [2.75, 3.05) is 97.7 Å². The van der Waals surface area contributed by atoms with Crippen LogP contribution < -0.4 is 24.4 Å². The van der Waals surface area contributed by atoms with Crippen molar-refractivity contribution < 1.29 is 19.0 Å². The Morgan fingerprint density at radius 3 is 2.18 bits per heavy atom. The van der Waals surface area contributed by atoms with Gasteiger partial charge in [-0.25, -0.2) is 0 Å². The molecule has 0 bridgehead atoms. The van der Waals surface area contributed by atoms with Gasteiger partial charge in [-0.3, -0.25) is 14.7 Å². The van der Waals surface area contributed by atoms with Gasteiger partial charge in [0.15, 0.2) is 17.3 Å². The molecule has 6 rings (SSSR count). The third-order valence-corrected chi connectivity index (χ3v) is 9.97. The van der Waals surface area contributed by atoms with E-state index in [1.807, 2.05) is 36.4 Å². The number of carbonyl (C=O) groups excluding carboxylic acids is 1. The summed E-state index contributed by atoms with van der Waals surface area (Å²) in [7, 11) is 3.33. The average molecular weight is 697 g/mol. The van der Waals surface area contributed by atoms with Crippen LogP contribution in [0.25, 0.3) is 10.8 Å². The number of likely N-dealkylation sites (N-methyl/N-ethyl adjacent to an activating group) is 1. The van der Waals surface area contributed by atoms with Crippen molar-refractivity contribution in [3.05, 3.63) is 77.7 Å². The first-order valence-corrected chi connectivity index (χ1v) is 18.2. The summed E-state index contributed by atoms with van der Waals surface area (Å²) in [6, 6.07) is 15.9. The Hall–Kier alpha value is -4.52. The first-order chi connectivity index (χ1) is 25.0. The quantitative estimate of drug-likeness (QED) is 0.173. The van der Waals surface area contributed by atoms with Crippen LogP contribution in [0.5, 0.6) is 17.2 Å². The van der Waals surface area contributed by atoms with Crippen LogP contribution in [0, 0.1) is 0 Å². The second-order valence-corrected chi connectivity index (χ2v) is 13.3. The summed E-state index contributed by atoms with van der Waals surface area (Å²) >= 11 is 0. The Balaban J connectivity index is 1.11. The molecule has 2 fully saturated rings. The van der Waals surface area contributed by atoms with E-state index in [-0.39, 0.29) is 5.91 Å². The molecule has 2 saturated heterocycles. The molecule has 2 aliphatic rings. The number of nitrogens with zero attached hydrogens (tertiary/aromatic N) is 7. The predicted octanol–water partition coefficient (Wildman–Crippen LogP) is 3.87. The molecule has 0 radical (unpaired) electrons. The lowest BCUT2D eigenvalue weighted by Gasteiger charge is -2.35. The number of nitrogens with one attached hydrogen (secondary N) is 1. The van der Waals surface area contributed by atoms with Crippen LogP contribution in [0.2, 0.25) is 0 Å². The van der Waals surface area contributed by atoms with E-state index in [9.17, 15) is 4.79 Å². The molecule has 272 valence electrons. The smallest absolute Gasteiger partial charge is 0.234 e. The number of carbonyl (C=O) groups is 1. The third-order valence-electron chi connectivity index (χ3n) is 9.97. The number of ether oxygens (including phenoxy) is 3. The van der Waals surface area contributed by atoms with Crippen molar-refractivity contribution in [3.8, 4) is 17.2 Å². The van der Waals surface area contributed by atoms with Crippen molar-refractivity contribution in [1.29, 1.82) is 0 Å². The van der Waals surface area contributed by atoms with Crippen LogP contribution in [-0.4, -0.2) is 129 Å². The minimum absolute atomic E-state index is 0.0120. The number of rotatable bonds is 16. The largest absolute Gasteiger partial charge is 0.497 e. The highest BCUT2D eigenvalue weighted by atomic mass is 16.5. The zero-order valence-electron chi connectivity index (χ0n) is 30.4. The van der Waals surface area contributed by atoms with Gasteiger partial charge in [-0.15, -0.1) is 5.10 Å². The van der Waals surface area contributed by atoms with E-state index in [0.717, 1.165) is 123 Å². The molecule has 51 heavy (non-hydrogen) atoms. The van der Waals surface area contributed by atoms with Gasteiger partial charge in [-0.05, 0) is 73.5 Å². The molecule has 4 aromatic rings. The molecule has 12 heteroatoms. The number of hydrogen-bond acceptors (Lipinski definition) is 11. The zero-order valence-corrected chi connectivity index (χ0v) is 30.4. The van der Waals surface area contributed by atoms with E-state index >= 15 is 0 Å². The molecule has 0 aliphatic carbocycles. The lowest BCUT2D eigenvalue weighted by Crippen LogP contribution is -2.49. The fourth-order valence-electron chi connectivity index (χ4n) is 6.80. The maximum atomic E-state index is 12.8. The summed E-state index contributed by atoms with van der Waals surface area (Å²) in [5, 5.41) is 14.6. The van der Waals surface area contributed by atoms with E-state index in [1.165, 1.54) is 0 Å². The summed E-state index contributed by atoms with van der Waals surface area (Å²) in [5.41, 5.74) is 3.02. The summed E-state index contributed by atoms with van der Waals surface area (Å²) in [6.45, 7) is 13.5. The summed E-state index contributed by atoms with van der Waals surface area (Å²) in [4.78, 5) is 26.5. The molecular weight excluding hydrogens is 644 g/mol. The van der Waals surface area contributed by atoms with Crippen LogP contribution in [-0.2, 0) is 17.8 Å². The number of anilines is 1. The first kappa shape index (κ1) is 36.3. The second-order valence-electron chi connectivity index (χ2n) is 13.3. The van der Waals surface area contributed by atoms with Gasteiger partial charge >= 0.3 is 0 Å². The van der Waals surface area contributed by atoms with Gasteiger partial charge in [0.2, 0.25) is 5.91 Å². The Kier molecular flexibility index (Phi) is 12.9. The molecule has 0 saturated carbocycles. The van der Waals surface area contributed by atoms with E-state index in [1.54, 1.807) is 26.6 Å². The van der Waals surface area contributed by atoms with Crippen molar-refractivity contribution >= 4 is 22.5 Å². The highest BCUT2D eigenvalue weighted by Crippen LogP contribution is 2.38. The molecule has 2 aromatic carbocycles. The van der Waals surface area contributed by atoms with Crippen molar-refractivity contribution in [3.63, 3.8) is 0 Å². The number of unbranched alkanes of at least 4 members (excludes halogenated alkanes) is 1. The van der Waals surface area contributed by atoms with Gasteiger partial charge in [-0.2, -0.15) is 5.10 Å². The van der Waals surface area contributed by atoms with Gasteiger partial charge in [0.05, 0.1) is 33.1 Å². The zero-order chi connectivity index (χ0) is 35.4. The SMILES string of the molecule is CCN1CCN(CCCCOc2cc3c(N4CCN(CC(=O)NCc5ccc(OC)cc5)CC4)nnc(Cc4ccncc4)c3cc2OC)CC1. The van der Waals surface area contributed by atoms with Crippen LogP contribution in [0.1, 0.15) is 36.6 Å². The van der Waals surface area contributed by atoms with Gasteiger partial charge < -0.3 is 34.2 Å². The van der Waals surface area contributed by atoms with Crippen LogP contribution in [0.15, 0.2) is 60.9 Å². The van der Waals surface area contributed by atoms with Crippen LogP contribution in [0.3, 0.4) is 0 Å². The van der Waals surface area contributed by atoms with Gasteiger partial charge in [0, 0.05) is 88.5 Å². The monoisotopic (exact) mass is 696 g/mol. The molecule has 12 nitrogen and oxygen atoms in total. The number of aromatic nitrogens is 3. The Bertz CT molecular complexity index is 1690. The average Bonchev–Trinajstić information content (AvgIpc) is 3.18. The number of hydrogen-bond donors (Lipinski definition) is 1. The Morgan fingerprint density at radius 2 is 1.47 bits per heavy atom. The maximum Gasteiger partial charge on any atom is 0.234 e. The highest BCUT2D eigenvalue weighted by Gasteiger charge is 2.24. The molecular formula is C39H52N8O4. The lowest BCUT2D eigenvalue weighted by atomic mass is 10.0. The standard InChI is InChI=1S/C39H52N8O4/c1-4-44-16-18-45(19-17-44)15-5-6-24-51-37-27-34-33(26-36(37)50-3)35(25-30-11-13-40-14-12-30)42-43-39(34)47-22-20-46(21-23-47)29-38(48)41-28-31-7-9-32(49-2)10-8-31/h7-14,26-27H,4-6,15-25,28-29H2,1-3H3,(H,41,48). The third kappa shape index (κ3) is 9.84. The number of piperazine rings is 2. The first-order valence-electron chi connectivity index (χ1n) is 18.2. The highest BCUT2D eigenvalue weighted by molar-refractivity contribution is 5.96. The molecule has 2 aliphatic heterocycles. The number of amides is 1. The van der Waals surface area contributed by atoms with Gasteiger partial charge in [0.1, 0.15) is 5.75 Å². The molecule has 1 N–H and O–H groups in total. The second kappa shape index (κ2) is 18.1. The predicted molar refractivity (Wildman–Crippen MR) is 200 cm³/mol. The number of pyridine rings is 1. The maximum absolute atomic E-state index is 12.8. The molecule has 0 unspecified atom stereocenters. The normalized spacial score (nSPS) is 15.9. The van der Waals surface area contributed by atoms with Crippen molar-refractivity contribution in [2.45, 2.75) is 32.7 Å². The fourth-order valence-corrected chi connectivity index (χ4v) is 6.80. The van der Waals surface area contributed by atoms with E-state index in [2.05, 4.69) is 49.0 Å². The van der Waals surface area contributed by atoms with Crippen LogP contribution in [0.4, 0.5) is 5.82 Å². The summed E-state index contributed by atoms with van der Waals surface area (Å²) < 4.78 is 17.5. The summed E-state index contributed by atoms with van der Waals surface area (Å²) in [5.74, 6) is 3.05. The number of methoxy groups -OCH3 is 2. The fraction of sp³-hybridized carbons (Fsp3) is 0.487. The van der Waals surface area contributed by atoms with Crippen LogP contribution >= 0.6 is 0 Å². The van der Waals surface area contributed by atoms with Gasteiger partial charge in [-0.1, -0.05) is 19.1 Å². The Labute approximate surface area is 301 Å². The molecule has 1 amide bonds. The van der Waals surface area contributed by atoms with E-state index < -0.39 is 0 Å². The van der Waals surface area contributed by atoms with Crippen molar-refractivity contribution in [2.24, 2.45) is 0 Å². The molecule has 0 spiro atoms. The topological polar surface area (TPSA) is 108 Å². The van der Waals surface area contributed by atoms with E-state index in [0.29, 0.717) is 31.9 Å². The Morgan fingerprint density at radius 1 is 0.765 bits per heavy atom. The van der Waals surface area contributed by atoms with E-state index in [4.69, 9.17) is 24.4 Å². The minimum atomic E-state index is 0.0120. The number of fused-ring (bicyclic) bond motifs is 1. The molecule has 2 aromatic heterocycles. The molecule has 0 atom stereocenters. The summed E-state index contributed by atoms with van der Waals surface area (Å²) in [6.07, 6.45) is 6.30. The number of benzene rings is 2. The lowest BCUT2D eigenvalue weighted by molar-refractivity contribution is -0.122. The molecule has 4 heterocycles.